The van der Waals surface area contributed by atoms with Gasteiger partial charge >= 0.3 is 0 Å². The molecule has 8 aromatic carbocycles. The lowest BCUT2D eigenvalue weighted by atomic mass is 9.11. The maximum absolute atomic E-state index is 2.67. The van der Waals surface area contributed by atoms with Crippen LogP contribution >= 0.6 is 11.3 Å². The van der Waals surface area contributed by atoms with Gasteiger partial charge in [0.15, 0.2) is 0 Å². The van der Waals surface area contributed by atoms with Crippen LogP contribution in [0, 0.1) is 29.1 Å². The summed E-state index contributed by atoms with van der Waals surface area (Å²) in [5.74, 6) is 4.15. The molecule has 0 saturated heterocycles. The first-order valence-corrected chi connectivity index (χ1v) is 24.7. The van der Waals surface area contributed by atoms with Crippen molar-refractivity contribution < 1.29 is 0 Å². The summed E-state index contributed by atoms with van der Waals surface area (Å²) in [5, 5.41) is 5.48. The summed E-state index contributed by atoms with van der Waals surface area (Å²) in [6.07, 6.45) is 10.9. The van der Waals surface area contributed by atoms with E-state index in [2.05, 4.69) is 175 Å². The number of benzene rings is 8. The second-order valence-corrected chi connectivity index (χ2v) is 21.2. The van der Waals surface area contributed by atoms with Crippen molar-refractivity contribution in [2.75, 3.05) is 4.90 Å². The summed E-state index contributed by atoms with van der Waals surface area (Å²) >= 11 is 1.91. The molecule has 4 unspecified atom stereocenters. The highest BCUT2D eigenvalue weighted by Gasteiger charge is 2.90. The fourth-order valence-corrected chi connectivity index (χ4v) is 16.8. The van der Waals surface area contributed by atoms with Crippen molar-refractivity contribution in [1.82, 2.24) is 0 Å². The third-order valence-electron chi connectivity index (χ3n) is 18.0. The van der Waals surface area contributed by atoms with Crippen molar-refractivity contribution in [2.45, 2.75) is 62.7 Å². The number of para-hydroxylation sites is 1. The Balaban J connectivity index is 0.930. The maximum atomic E-state index is 2.67. The van der Waals surface area contributed by atoms with Crippen LogP contribution in [-0.2, 0) is 5.41 Å². The number of hydrogen-bond acceptors (Lipinski definition) is 2. The Bertz CT molecular complexity index is 3340. The van der Waals surface area contributed by atoms with Crippen LogP contribution in [0.4, 0.5) is 17.1 Å². The molecule has 9 aromatic rings. The number of nitrogens with zero attached hydrogens (tertiary/aromatic N) is 1. The third-order valence-corrected chi connectivity index (χ3v) is 19.2. The summed E-state index contributed by atoms with van der Waals surface area (Å²) in [5.41, 5.74) is 17.4. The standard InChI is InChI=1S/C61H49NS/c1-2-13-37(14-3-1)44-20-10-15-39-16-11-22-50(58(39)44)48-18-5-8-25-54(48)62(42-29-27-38(28-30-42)45-21-12-23-51-49-19-6-9-26-55(49)63-59(45)51)43-31-32-47-46-17-4-7-24-52(46)61(53(47)36-43)56-34-40-33-41-35-57(61)60(40,41)56/h4-12,15-32,36-37,40-41,56-57H,1-3,13-14,33-35H2. The number of thiophene rings is 1. The van der Waals surface area contributed by atoms with Crippen LogP contribution in [0.3, 0.4) is 0 Å². The van der Waals surface area contributed by atoms with Gasteiger partial charge in [0.05, 0.1) is 5.69 Å². The van der Waals surface area contributed by atoms with Gasteiger partial charge in [-0.05, 0) is 159 Å². The minimum absolute atomic E-state index is 0.151. The van der Waals surface area contributed by atoms with E-state index < -0.39 is 0 Å². The van der Waals surface area contributed by atoms with Gasteiger partial charge in [-0.3, -0.25) is 0 Å². The van der Waals surface area contributed by atoms with Gasteiger partial charge in [-0.2, -0.15) is 0 Å². The van der Waals surface area contributed by atoms with Crippen molar-refractivity contribution >= 4 is 59.3 Å². The molecule has 2 heteroatoms. The molecule has 2 spiro atoms. The number of hydrogen-bond donors (Lipinski definition) is 0. The Morgan fingerprint density at radius 3 is 2.00 bits per heavy atom. The van der Waals surface area contributed by atoms with Crippen LogP contribution in [0.1, 0.15) is 74.0 Å². The summed E-state index contributed by atoms with van der Waals surface area (Å²) in [7, 11) is 0. The molecule has 0 aliphatic heterocycles. The highest BCUT2D eigenvalue weighted by molar-refractivity contribution is 7.26. The summed E-state index contributed by atoms with van der Waals surface area (Å²) in [4.78, 5) is 2.61. The maximum Gasteiger partial charge on any atom is 0.0540 e. The number of anilines is 3. The topological polar surface area (TPSA) is 3.24 Å². The number of fused-ring (bicyclic) bond motifs is 11. The van der Waals surface area contributed by atoms with E-state index in [1.54, 1.807) is 11.1 Å². The molecular formula is C61H49NS. The fourth-order valence-electron chi connectivity index (χ4n) is 15.5. The molecule has 1 heterocycles. The van der Waals surface area contributed by atoms with E-state index in [9.17, 15) is 0 Å². The normalized spacial score (nSPS) is 26.0. The molecule has 6 aliphatic carbocycles. The van der Waals surface area contributed by atoms with Gasteiger partial charge in [-0.15, -0.1) is 11.3 Å². The quantitative estimate of drug-likeness (QED) is 0.161. The Hall–Kier alpha value is -5.96. The lowest BCUT2D eigenvalue weighted by molar-refractivity contribution is -0.412. The van der Waals surface area contributed by atoms with Crippen LogP contribution in [0.15, 0.2) is 170 Å². The lowest BCUT2D eigenvalue weighted by Gasteiger charge is -2.92. The summed E-state index contributed by atoms with van der Waals surface area (Å²) in [6.45, 7) is 0. The molecule has 4 atom stereocenters. The van der Waals surface area contributed by atoms with Gasteiger partial charge in [0.1, 0.15) is 0 Å². The Morgan fingerprint density at radius 2 is 1.16 bits per heavy atom. The third kappa shape index (κ3) is 4.44. The first kappa shape index (κ1) is 35.5. The molecule has 63 heavy (non-hydrogen) atoms. The van der Waals surface area contributed by atoms with E-state index in [-0.39, 0.29) is 5.41 Å². The summed E-state index contributed by atoms with van der Waals surface area (Å²) in [6, 6.07) is 65.8. The first-order valence-electron chi connectivity index (χ1n) is 23.9. The van der Waals surface area contributed by atoms with E-state index in [4.69, 9.17) is 0 Å². The Labute approximate surface area is 374 Å². The molecular weight excluding hydrogens is 779 g/mol. The van der Waals surface area contributed by atoms with E-state index in [0.29, 0.717) is 11.3 Å². The molecule has 6 aliphatic rings. The van der Waals surface area contributed by atoms with Crippen molar-refractivity contribution in [3.05, 3.63) is 187 Å². The highest BCUT2D eigenvalue weighted by atomic mass is 32.1. The second-order valence-electron chi connectivity index (χ2n) is 20.1. The predicted octanol–water partition coefficient (Wildman–Crippen LogP) is 17.0. The van der Waals surface area contributed by atoms with Crippen molar-refractivity contribution in [1.29, 1.82) is 0 Å². The van der Waals surface area contributed by atoms with Gasteiger partial charge in [-0.1, -0.05) is 153 Å². The molecule has 1 aromatic heterocycles. The minimum atomic E-state index is 0.151. The molecule has 0 amide bonds. The van der Waals surface area contributed by atoms with Crippen LogP contribution in [0.5, 0.6) is 0 Å². The van der Waals surface area contributed by atoms with E-state index in [1.807, 2.05) is 11.3 Å². The predicted molar refractivity (Wildman–Crippen MR) is 265 cm³/mol. The molecule has 1 nitrogen and oxygen atoms in total. The van der Waals surface area contributed by atoms with Crippen LogP contribution in [-0.4, -0.2) is 0 Å². The number of rotatable bonds is 6. The molecule has 304 valence electrons. The minimum Gasteiger partial charge on any atom is -0.310 e. The molecule has 0 radical (unpaired) electrons. The fraction of sp³-hybridized carbons (Fsp3) is 0.246. The molecule has 5 fully saturated rings. The summed E-state index contributed by atoms with van der Waals surface area (Å²) < 4.78 is 2.71. The molecule has 0 N–H and O–H groups in total. The first-order chi connectivity index (χ1) is 31.2. The van der Waals surface area contributed by atoms with Crippen molar-refractivity contribution in [3.63, 3.8) is 0 Å². The molecule has 5 saturated carbocycles. The van der Waals surface area contributed by atoms with E-state index >= 15 is 0 Å². The zero-order valence-corrected chi connectivity index (χ0v) is 36.4. The smallest absolute Gasteiger partial charge is 0.0540 e. The zero-order valence-electron chi connectivity index (χ0n) is 35.6. The molecule has 15 rings (SSSR count). The van der Waals surface area contributed by atoms with Crippen molar-refractivity contribution in [2.24, 2.45) is 29.1 Å². The Kier molecular flexibility index (Phi) is 7.23. The van der Waals surface area contributed by atoms with Crippen molar-refractivity contribution in [3.8, 4) is 33.4 Å². The van der Waals surface area contributed by atoms with Gasteiger partial charge < -0.3 is 4.90 Å². The van der Waals surface area contributed by atoms with Gasteiger partial charge in [0.25, 0.3) is 0 Å². The van der Waals surface area contributed by atoms with Crippen LogP contribution in [0.25, 0.3) is 64.3 Å². The highest BCUT2D eigenvalue weighted by Crippen LogP contribution is 2.94. The average Bonchev–Trinajstić information content (AvgIpc) is 3.85. The van der Waals surface area contributed by atoms with Crippen LogP contribution in [0.2, 0.25) is 0 Å². The second kappa shape index (κ2) is 12.8. The Morgan fingerprint density at radius 1 is 0.492 bits per heavy atom. The van der Waals surface area contributed by atoms with Crippen LogP contribution < -0.4 is 4.90 Å². The average molecular weight is 828 g/mol. The SMILES string of the molecule is c1ccc(N(c2ccc(-c3cccc4c3sc3ccccc34)cc2)c2ccc3c(c2)C2(c4ccccc4-3)C3CC4CC5CC2C453)c(-c2cccc3cccc(C4CCCCC4)c23)c1. The molecule has 0 bridgehead atoms. The van der Waals surface area contributed by atoms with Gasteiger partial charge in [0.2, 0.25) is 0 Å². The monoisotopic (exact) mass is 827 g/mol. The van der Waals surface area contributed by atoms with E-state index in [1.165, 1.54) is 138 Å². The zero-order chi connectivity index (χ0) is 41.0. The van der Waals surface area contributed by atoms with Gasteiger partial charge in [0, 0.05) is 42.5 Å². The largest absolute Gasteiger partial charge is 0.310 e. The van der Waals surface area contributed by atoms with Gasteiger partial charge in [-0.25, -0.2) is 0 Å². The lowest BCUT2D eigenvalue weighted by Crippen LogP contribution is -2.88. The van der Waals surface area contributed by atoms with E-state index in [0.717, 1.165) is 23.7 Å².